The van der Waals surface area contributed by atoms with Gasteiger partial charge in [-0.3, -0.25) is 18.9 Å². The molecular formula is C17H23N7O7P+. The summed E-state index contributed by atoms with van der Waals surface area (Å²) >= 11 is 0. The number of nitrogen functional groups attached to an aromatic ring is 1. The number of anilines is 1. The highest BCUT2D eigenvalue weighted by molar-refractivity contribution is 7.51. The molecule has 3 aromatic rings. The lowest BCUT2D eigenvalue weighted by atomic mass is 10.1. The molecule has 5 heterocycles. The van der Waals surface area contributed by atoms with Gasteiger partial charge in [-0.2, -0.15) is 0 Å². The van der Waals surface area contributed by atoms with Crippen molar-refractivity contribution in [1.29, 1.82) is 0 Å². The van der Waals surface area contributed by atoms with Crippen LogP contribution in [0.15, 0.2) is 29.8 Å². The van der Waals surface area contributed by atoms with Crippen molar-refractivity contribution in [2.75, 3.05) is 12.3 Å². The minimum absolute atomic E-state index is 0.0395. The summed E-state index contributed by atoms with van der Waals surface area (Å²) in [4.78, 5) is 33.1. The molecule has 4 N–H and O–H groups in total. The van der Waals surface area contributed by atoms with Gasteiger partial charge in [-0.1, -0.05) is 4.98 Å². The first kappa shape index (κ1) is 21.2. The number of hydrogen-bond donors (Lipinski definition) is 3. The Balaban J connectivity index is 1.48. The van der Waals surface area contributed by atoms with Crippen LogP contribution >= 0.6 is 7.75 Å². The topological polar surface area (TPSA) is 173 Å². The van der Waals surface area contributed by atoms with Crippen LogP contribution in [0.1, 0.15) is 20.1 Å². The van der Waals surface area contributed by atoms with Gasteiger partial charge in [-0.05, 0) is 13.8 Å². The van der Waals surface area contributed by atoms with Crippen molar-refractivity contribution in [1.82, 2.24) is 23.9 Å². The van der Waals surface area contributed by atoms with Gasteiger partial charge >= 0.3 is 13.4 Å². The quantitative estimate of drug-likeness (QED) is 0.324. The van der Waals surface area contributed by atoms with Gasteiger partial charge < -0.3 is 24.8 Å². The van der Waals surface area contributed by atoms with Crippen molar-refractivity contribution < 1.29 is 32.8 Å². The van der Waals surface area contributed by atoms with Crippen molar-refractivity contribution in [3.05, 3.63) is 35.4 Å². The summed E-state index contributed by atoms with van der Waals surface area (Å²) in [6.07, 6.45) is 2.87. The van der Waals surface area contributed by atoms with Crippen molar-refractivity contribution in [2.24, 2.45) is 7.05 Å². The van der Waals surface area contributed by atoms with Gasteiger partial charge in [-0.25, -0.2) is 18.5 Å². The van der Waals surface area contributed by atoms with E-state index in [-0.39, 0.29) is 12.6 Å². The lowest BCUT2D eigenvalue weighted by molar-refractivity contribution is -0.746. The summed E-state index contributed by atoms with van der Waals surface area (Å²) in [7, 11) is -2.47. The molecule has 2 aliphatic heterocycles. The molecule has 2 aliphatic rings. The van der Waals surface area contributed by atoms with E-state index >= 15 is 0 Å². The number of imidazole rings is 2. The molecule has 0 radical (unpaired) electrons. The van der Waals surface area contributed by atoms with E-state index in [9.17, 15) is 14.3 Å². The Bertz CT molecular complexity index is 1270. The lowest BCUT2D eigenvalue weighted by Crippen LogP contribution is -2.46. The van der Waals surface area contributed by atoms with Crippen LogP contribution in [0, 0.1) is 0 Å². The predicted molar refractivity (Wildman–Crippen MR) is 107 cm³/mol. The summed E-state index contributed by atoms with van der Waals surface area (Å²) in [6, 6.07) is 0. The monoisotopic (exact) mass is 468 g/mol. The molecule has 0 amide bonds. The van der Waals surface area contributed by atoms with Crippen LogP contribution in [0.5, 0.6) is 0 Å². The Morgan fingerprint density at radius 3 is 2.88 bits per heavy atom. The average Bonchev–Trinajstić information content (AvgIpc) is 3.44. The van der Waals surface area contributed by atoms with E-state index in [0.29, 0.717) is 11.2 Å². The number of aryl methyl sites for hydroxylation is 1. The van der Waals surface area contributed by atoms with Gasteiger partial charge in [0.1, 0.15) is 24.6 Å². The van der Waals surface area contributed by atoms with E-state index in [4.69, 9.17) is 24.5 Å². The Morgan fingerprint density at radius 1 is 1.41 bits per heavy atom. The highest BCUT2D eigenvalue weighted by Gasteiger charge is 2.58. The first-order valence-corrected chi connectivity index (χ1v) is 11.3. The van der Waals surface area contributed by atoms with Crippen LogP contribution < -0.4 is 15.9 Å². The Labute approximate surface area is 181 Å². The van der Waals surface area contributed by atoms with E-state index in [2.05, 4.69) is 15.0 Å². The molecule has 5 atom stereocenters. The van der Waals surface area contributed by atoms with E-state index < -0.39 is 43.6 Å². The fraction of sp³-hybridized carbons (Fsp3) is 0.529. The van der Waals surface area contributed by atoms with E-state index in [1.54, 1.807) is 36.4 Å². The Morgan fingerprint density at radius 2 is 2.16 bits per heavy atom. The molecule has 0 aromatic carbocycles. The molecule has 32 heavy (non-hydrogen) atoms. The third-order valence-corrected chi connectivity index (χ3v) is 6.68. The first-order valence-electron chi connectivity index (χ1n) is 9.79. The molecule has 0 bridgehead atoms. The molecule has 172 valence electrons. The Kier molecular flexibility index (Phi) is 4.78. The second kappa shape index (κ2) is 7.20. The second-order valence-electron chi connectivity index (χ2n) is 8.12. The molecule has 15 heteroatoms. The van der Waals surface area contributed by atoms with Crippen LogP contribution in [-0.4, -0.2) is 59.5 Å². The summed E-state index contributed by atoms with van der Waals surface area (Å²) in [5.74, 6) is -0.958. The molecule has 2 saturated heterocycles. The van der Waals surface area contributed by atoms with Gasteiger partial charge in [0.25, 0.3) is 11.5 Å². The number of aromatic amines is 1. The first-order chi connectivity index (χ1) is 15.1. The van der Waals surface area contributed by atoms with Gasteiger partial charge in [-0.15, -0.1) is 0 Å². The van der Waals surface area contributed by atoms with Gasteiger partial charge in [0.2, 0.25) is 11.7 Å². The van der Waals surface area contributed by atoms with Gasteiger partial charge in [0.05, 0.1) is 13.7 Å². The van der Waals surface area contributed by atoms with Crippen LogP contribution in [0.4, 0.5) is 5.95 Å². The predicted octanol–water partition coefficient (Wildman–Crippen LogP) is -0.589. The van der Waals surface area contributed by atoms with Gasteiger partial charge in [0, 0.05) is 12.4 Å². The van der Waals surface area contributed by atoms with Crippen LogP contribution in [0.2, 0.25) is 0 Å². The molecule has 0 spiro atoms. The highest BCUT2D eigenvalue weighted by Crippen LogP contribution is 2.46. The molecule has 1 unspecified atom stereocenters. The minimum Gasteiger partial charge on any atom is -0.355 e. The van der Waals surface area contributed by atoms with E-state index in [1.807, 2.05) is 0 Å². The van der Waals surface area contributed by atoms with Gasteiger partial charge in [0.15, 0.2) is 12.1 Å². The standard InChI is InChI=1S/C17H22N7O7P/c1-17(2)30-11-9(6-28-32(26,27)23-5-4-19-7-23)29-15(12(11)31-17)24-8-22(3)10-13(24)20-16(18)21-14(10)25/h4-5,7-9,11-12,15H,6H2,1-3H3,(H3-,18,20,21,25,26,27)/p+1/t9-,11-,12-,15-/m1/s1. The molecule has 2 fully saturated rings. The number of nitrogens with one attached hydrogen (secondary N) is 1. The van der Waals surface area contributed by atoms with E-state index in [1.165, 1.54) is 18.7 Å². The molecule has 5 rings (SSSR count). The van der Waals surface area contributed by atoms with Crippen LogP contribution in [0.3, 0.4) is 0 Å². The van der Waals surface area contributed by atoms with Crippen molar-refractivity contribution in [3.63, 3.8) is 0 Å². The average molecular weight is 468 g/mol. The lowest BCUT2D eigenvalue weighted by Gasteiger charge is -2.24. The second-order valence-corrected chi connectivity index (χ2v) is 9.82. The third kappa shape index (κ3) is 3.45. The minimum atomic E-state index is -4.17. The number of ether oxygens (including phenoxy) is 3. The zero-order chi connectivity index (χ0) is 22.8. The smallest absolute Gasteiger partial charge is 0.355 e. The van der Waals surface area contributed by atoms with Crippen LogP contribution in [0.25, 0.3) is 11.2 Å². The fourth-order valence-electron chi connectivity index (χ4n) is 4.11. The number of H-pyrrole nitrogens is 1. The zero-order valence-electron chi connectivity index (χ0n) is 17.5. The number of rotatable bonds is 5. The highest BCUT2D eigenvalue weighted by atomic mass is 31.2. The fourth-order valence-corrected chi connectivity index (χ4v) is 5.00. The maximum Gasteiger partial charge on any atom is 0.437 e. The largest absolute Gasteiger partial charge is 0.437 e. The van der Waals surface area contributed by atoms with Crippen molar-refractivity contribution in [2.45, 2.75) is 44.2 Å². The normalized spacial score (nSPS) is 28.8. The SMILES string of the molecule is Cn1c[n+]([C@@H]2O[C@H](COP(=O)(O)n3ccnc3)[C@H]3OC(C)(C)O[C@H]32)c2nc(N)[nH]c(=O)c21. The van der Waals surface area contributed by atoms with Crippen LogP contribution in [-0.2, 0) is 30.3 Å². The maximum absolute atomic E-state index is 12.5. The molecular weight excluding hydrogens is 445 g/mol. The molecule has 0 saturated carbocycles. The third-order valence-electron chi connectivity index (χ3n) is 5.38. The molecule has 14 nitrogen and oxygen atoms in total. The Hall–Kier alpha value is -2.61. The number of nitrogens with zero attached hydrogens (tertiary/aromatic N) is 5. The maximum atomic E-state index is 12.5. The van der Waals surface area contributed by atoms with E-state index in [0.717, 1.165) is 4.34 Å². The summed E-state index contributed by atoms with van der Waals surface area (Å²) < 4.78 is 40.3. The van der Waals surface area contributed by atoms with Crippen molar-refractivity contribution >= 4 is 24.9 Å². The number of aromatic nitrogens is 6. The van der Waals surface area contributed by atoms with Crippen molar-refractivity contribution in [3.8, 4) is 0 Å². The zero-order valence-corrected chi connectivity index (χ0v) is 18.4. The molecule has 3 aromatic heterocycles. The number of nitrogens with two attached hydrogens (primary N) is 1. The summed E-state index contributed by atoms with van der Waals surface area (Å²) in [5, 5.41) is 0. The molecule has 0 aliphatic carbocycles. The summed E-state index contributed by atoms with van der Waals surface area (Å²) in [6.45, 7) is 3.28. The number of hydrogen-bond acceptors (Lipinski definition) is 9. The number of fused-ring (bicyclic) bond motifs is 2. The summed E-state index contributed by atoms with van der Waals surface area (Å²) in [5.41, 5.74) is 5.96.